The Labute approximate surface area is 109 Å². The summed E-state index contributed by atoms with van der Waals surface area (Å²) in [5.41, 5.74) is 0. The second kappa shape index (κ2) is 5.71. The van der Waals surface area contributed by atoms with E-state index in [0.29, 0.717) is 22.9 Å². The lowest BCUT2D eigenvalue weighted by molar-refractivity contribution is -0.133. The Morgan fingerprint density at radius 3 is 2.94 bits per heavy atom. The Hall–Kier alpha value is -1.08. The predicted octanol–water partition coefficient (Wildman–Crippen LogP) is 1.31. The van der Waals surface area contributed by atoms with Crippen molar-refractivity contribution in [2.24, 2.45) is 5.92 Å². The van der Waals surface area contributed by atoms with E-state index in [1.54, 1.807) is 0 Å². The van der Waals surface area contributed by atoms with Crippen molar-refractivity contribution >= 4 is 17.7 Å². The zero-order valence-corrected chi connectivity index (χ0v) is 11.1. The third kappa shape index (κ3) is 2.84. The summed E-state index contributed by atoms with van der Waals surface area (Å²) >= 11 is 1.16. The molecule has 0 saturated heterocycles. The number of carboxylic acids is 1. The maximum atomic E-state index is 10.6. The molecule has 1 saturated carbocycles. The summed E-state index contributed by atoms with van der Waals surface area (Å²) < 4.78 is 1.91. The Morgan fingerprint density at radius 1 is 1.56 bits per heavy atom. The zero-order chi connectivity index (χ0) is 13.1. The molecule has 1 aromatic rings. The highest BCUT2D eigenvalue weighted by Gasteiger charge is 2.40. The van der Waals surface area contributed by atoms with E-state index in [9.17, 15) is 9.90 Å². The molecule has 2 atom stereocenters. The summed E-state index contributed by atoms with van der Waals surface area (Å²) in [7, 11) is 0. The molecular formula is C11H17N3O3S. The van der Waals surface area contributed by atoms with Crippen LogP contribution in [0.1, 0.15) is 38.1 Å². The summed E-state index contributed by atoms with van der Waals surface area (Å²) in [6.45, 7) is 1.99. The topological polar surface area (TPSA) is 88.2 Å². The van der Waals surface area contributed by atoms with E-state index in [1.165, 1.54) is 0 Å². The fourth-order valence-electron chi connectivity index (χ4n) is 2.20. The van der Waals surface area contributed by atoms with Crippen LogP contribution in [0.2, 0.25) is 0 Å². The minimum Gasteiger partial charge on any atom is -0.481 e. The number of aliphatic hydroxyl groups excluding tert-OH is 1. The first-order valence-corrected chi connectivity index (χ1v) is 7.05. The van der Waals surface area contributed by atoms with Crippen LogP contribution in [0.5, 0.6) is 0 Å². The van der Waals surface area contributed by atoms with Crippen LogP contribution in [0, 0.1) is 5.92 Å². The molecule has 2 rings (SSSR count). The van der Waals surface area contributed by atoms with Gasteiger partial charge in [0, 0.05) is 6.04 Å². The summed E-state index contributed by atoms with van der Waals surface area (Å²) in [5, 5.41) is 26.4. The van der Waals surface area contributed by atoms with Crippen molar-refractivity contribution in [2.45, 2.75) is 44.0 Å². The second-order valence-corrected chi connectivity index (χ2v) is 5.40. The molecule has 7 heteroatoms. The van der Waals surface area contributed by atoms with Crippen molar-refractivity contribution in [3.8, 4) is 0 Å². The molecule has 2 N–H and O–H groups in total. The van der Waals surface area contributed by atoms with Crippen LogP contribution in [-0.4, -0.2) is 36.7 Å². The summed E-state index contributed by atoms with van der Waals surface area (Å²) in [6.07, 6.45) is 3.35. The van der Waals surface area contributed by atoms with Gasteiger partial charge in [-0.2, -0.15) is 0 Å². The van der Waals surface area contributed by atoms with Gasteiger partial charge in [0.15, 0.2) is 11.0 Å². The van der Waals surface area contributed by atoms with Crippen LogP contribution in [-0.2, 0) is 11.4 Å². The molecule has 6 nitrogen and oxygen atoms in total. The number of aliphatic carboxylic acids is 1. The van der Waals surface area contributed by atoms with Crippen LogP contribution in [0.25, 0.3) is 0 Å². The number of thioether (sulfide) groups is 1. The van der Waals surface area contributed by atoms with Gasteiger partial charge in [0.05, 0.1) is 5.75 Å². The van der Waals surface area contributed by atoms with E-state index in [4.69, 9.17) is 5.11 Å². The molecule has 1 fully saturated rings. The average Bonchev–Trinajstić information content (AvgIpc) is 2.97. The molecule has 0 aliphatic heterocycles. The fraction of sp³-hybridized carbons (Fsp3) is 0.727. The standard InChI is InChI=1S/C11H17N3O3S/c1-2-3-7-4-8(7)14-9(5-15)12-13-11(14)18-6-10(16)17/h7-8,15H,2-6H2,1H3,(H,16,17). The van der Waals surface area contributed by atoms with Gasteiger partial charge < -0.3 is 14.8 Å². The Bertz CT molecular complexity index is 435. The van der Waals surface area contributed by atoms with Crippen molar-refractivity contribution in [2.75, 3.05) is 5.75 Å². The van der Waals surface area contributed by atoms with Crippen LogP contribution >= 0.6 is 11.8 Å². The molecule has 0 aromatic carbocycles. The normalized spacial score (nSPS) is 22.1. The van der Waals surface area contributed by atoms with Gasteiger partial charge in [-0.15, -0.1) is 10.2 Å². The van der Waals surface area contributed by atoms with E-state index in [2.05, 4.69) is 17.1 Å². The first-order valence-electron chi connectivity index (χ1n) is 6.06. The lowest BCUT2D eigenvalue weighted by atomic mass is 10.2. The van der Waals surface area contributed by atoms with Gasteiger partial charge in [-0.25, -0.2) is 0 Å². The summed E-state index contributed by atoms with van der Waals surface area (Å²) in [4.78, 5) is 10.6. The molecule has 0 spiro atoms. The number of hydrogen-bond acceptors (Lipinski definition) is 5. The largest absolute Gasteiger partial charge is 0.481 e. The number of nitrogens with zero attached hydrogens (tertiary/aromatic N) is 3. The number of carboxylic acid groups (broad SMARTS) is 1. The van der Waals surface area contributed by atoms with E-state index in [0.717, 1.165) is 31.0 Å². The number of hydrogen-bond donors (Lipinski definition) is 2. The van der Waals surface area contributed by atoms with Crippen LogP contribution in [0.3, 0.4) is 0 Å². The Kier molecular flexibility index (Phi) is 4.23. The monoisotopic (exact) mass is 271 g/mol. The molecule has 18 heavy (non-hydrogen) atoms. The number of carbonyl (C=O) groups is 1. The molecule has 100 valence electrons. The van der Waals surface area contributed by atoms with Gasteiger partial charge in [-0.05, 0) is 18.8 Å². The van der Waals surface area contributed by atoms with Gasteiger partial charge in [-0.3, -0.25) is 4.79 Å². The lowest BCUT2D eigenvalue weighted by Gasteiger charge is -2.07. The van der Waals surface area contributed by atoms with Crippen molar-refractivity contribution < 1.29 is 15.0 Å². The maximum Gasteiger partial charge on any atom is 0.313 e. The second-order valence-electron chi connectivity index (χ2n) is 4.46. The molecule has 2 unspecified atom stereocenters. The highest BCUT2D eigenvalue weighted by molar-refractivity contribution is 7.99. The molecule has 1 aliphatic carbocycles. The fourth-order valence-corrected chi connectivity index (χ4v) is 2.93. The van der Waals surface area contributed by atoms with Gasteiger partial charge >= 0.3 is 5.97 Å². The molecule has 1 aromatic heterocycles. The van der Waals surface area contributed by atoms with Crippen molar-refractivity contribution in [3.63, 3.8) is 0 Å². The van der Waals surface area contributed by atoms with Crippen molar-refractivity contribution in [1.82, 2.24) is 14.8 Å². The van der Waals surface area contributed by atoms with E-state index in [1.807, 2.05) is 4.57 Å². The molecule has 0 bridgehead atoms. The SMILES string of the molecule is CCCC1CC1n1c(CO)nnc1SCC(=O)O. The number of rotatable bonds is 7. The predicted molar refractivity (Wildman–Crippen MR) is 66.4 cm³/mol. The van der Waals surface area contributed by atoms with Gasteiger partial charge in [-0.1, -0.05) is 25.1 Å². The first-order chi connectivity index (χ1) is 8.67. The maximum absolute atomic E-state index is 10.6. The third-order valence-corrected chi connectivity index (χ3v) is 4.01. The quantitative estimate of drug-likeness (QED) is 0.727. The Balaban J connectivity index is 2.11. The zero-order valence-electron chi connectivity index (χ0n) is 10.2. The van der Waals surface area contributed by atoms with Crippen molar-refractivity contribution in [3.05, 3.63) is 5.82 Å². The van der Waals surface area contributed by atoms with E-state index in [-0.39, 0.29) is 12.4 Å². The summed E-state index contributed by atoms with van der Waals surface area (Å²) in [5.74, 6) is 0.238. The highest BCUT2D eigenvalue weighted by Crippen LogP contribution is 2.48. The van der Waals surface area contributed by atoms with Gasteiger partial charge in [0.25, 0.3) is 0 Å². The smallest absolute Gasteiger partial charge is 0.313 e. The first kappa shape index (κ1) is 13.4. The lowest BCUT2D eigenvalue weighted by Crippen LogP contribution is -2.06. The molecular weight excluding hydrogens is 254 g/mol. The molecule has 0 radical (unpaired) electrons. The van der Waals surface area contributed by atoms with E-state index < -0.39 is 5.97 Å². The Morgan fingerprint density at radius 2 is 2.33 bits per heavy atom. The van der Waals surface area contributed by atoms with Crippen LogP contribution < -0.4 is 0 Å². The molecule has 1 aliphatic rings. The van der Waals surface area contributed by atoms with Gasteiger partial charge in [0.2, 0.25) is 0 Å². The minimum absolute atomic E-state index is 0.0330. The van der Waals surface area contributed by atoms with Crippen LogP contribution in [0.4, 0.5) is 0 Å². The van der Waals surface area contributed by atoms with E-state index >= 15 is 0 Å². The van der Waals surface area contributed by atoms with Gasteiger partial charge in [0.1, 0.15) is 6.61 Å². The van der Waals surface area contributed by atoms with Crippen molar-refractivity contribution in [1.29, 1.82) is 0 Å². The van der Waals surface area contributed by atoms with Crippen LogP contribution in [0.15, 0.2) is 5.16 Å². The number of aliphatic hydroxyl groups is 1. The molecule has 1 heterocycles. The highest BCUT2D eigenvalue weighted by atomic mass is 32.2. The summed E-state index contributed by atoms with van der Waals surface area (Å²) in [6, 6.07) is 0.332. The number of aromatic nitrogens is 3. The minimum atomic E-state index is -0.874. The average molecular weight is 271 g/mol. The molecule has 0 amide bonds. The third-order valence-electron chi connectivity index (χ3n) is 3.08.